The van der Waals surface area contributed by atoms with Crippen LogP contribution in [0, 0.1) is 5.92 Å². The van der Waals surface area contributed by atoms with E-state index in [0.29, 0.717) is 6.42 Å². The van der Waals surface area contributed by atoms with Crippen molar-refractivity contribution in [3.8, 4) is 0 Å². The van der Waals surface area contributed by atoms with E-state index in [9.17, 15) is 9.59 Å². The van der Waals surface area contributed by atoms with Crippen LogP contribution >= 0.6 is 15.9 Å². The second-order valence-corrected chi connectivity index (χ2v) is 11.9. The summed E-state index contributed by atoms with van der Waals surface area (Å²) >= 11 is 3.32. The lowest BCUT2D eigenvalue weighted by Crippen LogP contribution is -2.27. The molecule has 4 aliphatic heterocycles. The SMILES string of the molecule is BrCCC1OCCCO1.CN1C(=O)C(CCC2OCCCO2)CC1c1cccnc1.CN1C(=O)CCC1c1cccnc1. The summed E-state index contributed by atoms with van der Waals surface area (Å²) in [5.41, 5.74) is 2.25. The smallest absolute Gasteiger partial charge is 0.226 e. The van der Waals surface area contributed by atoms with Crippen LogP contribution in [0.5, 0.6) is 0 Å². The van der Waals surface area contributed by atoms with Gasteiger partial charge in [-0.1, -0.05) is 28.1 Å². The second-order valence-electron chi connectivity index (χ2n) is 11.1. The van der Waals surface area contributed by atoms with Crippen LogP contribution in [0.2, 0.25) is 0 Å². The third kappa shape index (κ3) is 10.0. The monoisotopic (exact) mass is 660 g/mol. The first kappa shape index (κ1) is 33.5. The van der Waals surface area contributed by atoms with Crippen LogP contribution in [0.3, 0.4) is 0 Å². The molecule has 0 radical (unpaired) electrons. The van der Waals surface area contributed by atoms with Gasteiger partial charge in [0.05, 0.1) is 38.5 Å². The van der Waals surface area contributed by atoms with E-state index in [0.717, 1.165) is 87.8 Å². The van der Waals surface area contributed by atoms with Crippen molar-refractivity contribution in [1.82, 2.24) is 19.8 Å². The van der Waals surface area contributed by atoms with Gasteiger partial charge in [0, 0.05) is 63.0 Å². The van der Waals surface area contributed by atoms with E-state index in [4.69, 9.17) is 18.9 Å². The Morgan fingerprint density at radius 2 is 1.35 bits per heavy atom. The number of carbonyl (C=O) groups is 2. The Bertz CT molecular complexity index is 1100. The maximum Gasteiger partial charge on any atom is 0.226 e. The molecule has 236 valence electrons. The number of halogens is 1. The van der Waals surface area contributed by atoms with Crippen LogP contribution in [0.4, 0.5) is 0 Å². The third-order valence-electron chi connectivity index (χ3n) is 8.19. The lowest BCUT2D eigenvalue weighted by Gasteiger charge is -2.23. The highest BCUT2D eigenvalue weighted by Crippen LogP contribution is 2.37. The summed E-state index contributed by atoms with van der Waals surface area (Å²) in [6, 6.07) is 8.27. The first-order chi connectivity index (χ1) is 21.0. The number of alkyl halides is 1. The Labute approximate surface area is 263 Å². The molecule has 0 spiro atoms. The first-order valence-electron chi connectivity index (χ1n) is 15.3. The number of nitrogens with zero attached hydrogens (tertiary/aromatic N) is 4. The molecule has 2 aromatic heterocycles. The van der Waals surface area contributed by atoms with E-state index in [2.05, 4.69) is 25.9 Å². The highest BCUT2D eigenvalue weighted by Gasteiger charge is 2.38. The minimum Gasteiger partial charge on any atom is -0.353 e. The van der Waals surface area contributed by atoms with E-state index >= 15 is 0 Å². The van der Waals surface area contributed by atoms with Gasteiger partial charge in [-0.2, -0.15) is 0 Å². The van der Waals surface area contributed by atoms with Crippen LogP contribution in [0.1, 0.15) is 74.6 Å². The van der Waals surface area contributed by atoms with Crippen molar-refractivity contribution >= 4 is 27.7 Å². The fourth-order valence-corrected chi connectivity index (χ4v) is 6.12. The predicted octanol–water partition coefficient (Wildman–Crippen LogP) is 5.05. The van der Waals surface area contributed by atoms with Crippen LogP contribution in [-0.4, -0.2) is 90.0 Å². The Kier molecular flexibility index (Phi) is 13.8. The maximum atomic E-state index is 12.4. The molecule has 0 bridgehead atoms. The van der Waals surface area contributed by atoms with E-state index in [1.165, 1.54) is 0 Å². The molecule has 0 saturated carbocycles. The van der Waals surface area contributed by atoms with Gasteiger partial charge in [0.2, 0.25) is 11.8 Å². The van der Waals surface area contributed by atoms with Gasteiger partial charge in [-0.3, -0.25) is 19.6 Å². The van der Waals surface area contributed by atoms with Crippen molar-refractivity contribution in [2.45, 2.75) is 76.0 Å². The molecule has 11 heteroatoms. The van der Waals surface area contributed by atoms with E-state index in [1.54, 1.807) is 17.3 Å². The Morgan fingerprint density at radius 1 is 0.791 bits per heavy atom. The molecule has 0 aromatic carbocycles. The van der Waals surface area contributed by atoms with Crippen LogP contribution in [-0.2, 0) is 28.5 Å². The molecule has 4 fully saturated rings. The summed E-state index contributed by atoms with van der Waals surface area (Å²) in [7, 11) is 3.74. The first-order valence-corrected chi connectivity index (χ1v) is 16.4. The van der Waals surface area contributed by atoms with Gasteiger partial charge in [0.25, 0.3) is 0 Å². The molecular weight excluding hydrogens is 616 g/mol. The zero-order chi connectivity index (χ0) is 30.4. The standard InChI is InChI=1S/C16H22N2O3.C10H12N2O.C6H11BrO2/c1-18-14(13-4-2-7-17-11-13)10-12(16(18)19)5-6-15-20-8-3-9-21-15;1-12-9(4-5-10(12)13)8-3-2-6-11-7-8;7-3-2-6-8-4-1-5-9-6/h2,4,7,11-12,14-15H,3,5-6,8-10H2,1H3;2-3,6-7,9H,4-5H2,1H3;6H,1-5H2. The Balaban J connectivity index is 0.000000163. The molecule has 4 aliphatic rings. The minimum atomic E-state index is -0.130. The molecule has 0 aliphatic carbocycles. The van der Waals surface area contributed by atoms with Crippen molar-refractivity contribution < 1.29 is 28.5 Å². The number of hydrogen-bond donors (Lipinski definition) is 0. The minimum absolute atomic E-state index is 0.0538. The zero-order valence-electron chi connectivity index (χ0n) is 25.3. The number of rotatable bonds is 7. The predicted molar refractivity (Wildman–Crippen MR) is 165 cm³/mol. The number of likely N-dealkylation sites (tertiary alicyclic amines) is 2. The number of ether oxygens (including phenoxy) is 4. The molecule has 3 atom stereocenters. The Hall–Kier alpha value is -2.44. The summed E-state index contributed by atoms with van der Waals surface area (Å²) in [4.78, 5) is 35.5. The molecule has 6 heterocycles. The van der Waals surface area contributed by atoms with Crippen molar-refractivity contribution in [2.75, 3.05) is 45.9 Å². The van der Waals surface area contributed by atoms with Gasteiger partial charge in [-0.05, 0) is 61.8 Å². The number of pyridine rings is 2. The van der Waals surface area contributed by atoms with Gasteiger partial charge < -0.3 is 28.7 Å². The molecule has 43 heavy (non-hydrogen) atoms. The summed E-state index contributed by atoms with van der Waals surface area (Å²) in [6.07, 6.45) is 14.1. The maximum absolute atomic E-state index is 12.4. The van der Waals surface area contributed by atoms with Crippen molar-refractivity contribution in [1.29, 1.82) is 0 Å². The average molecular weight is 662 g/mol. The molecule has 10 nitrogen and oxygen atoms in total. The van der Waals surface area contributed by atoms with Gasteiger partial charge in [0.15, 0.2) is 12.6 Å². The van der Waals surface area contributed by atoms with Crippen LogP contribution < -0.4 is 0 Å². The third-order valence-corrected chi connectivity index (χ3v) is 8.65. The number of aromatic nitrogens is 2. The Morgan fingerprint density at radius 3 is 1.84 bits per heavy atom. The number of carbonyl (C=O) groups excluding carboxylic acids is 2. The van der Waals surface area contributed by atoms with E-state index in [1.807, 2.05) is 55.7 Å². The highest BCUT2D eigenvalue weighted by molar-refractivity contribution is 9.09. The second kappa shape index (κ2) is 17.8. The molecular formula is C32H45BrN4O6. The molecule has 4 saturated heterocycles. The highest BCUT2D eigenvalue weighted by atomic mass is 79.9. The van der Waals surface area contributed by atoms with Crippen molar-refractivity contribution in [3.63, 3.8) is 0 Å². The summed E-state index contributed by atoms with van der Waals surface area (Å²) in [6.45, 7) is 3.25. The summed E-state index contributed by atoms with van der Waals surface area (Å²) in [5, 5.41) is 0.956. The van der Waals surface area contributed by atoms with Crippen LogP contribution in [0.25, 0.3) is 0 Å². The quantitative estimate of drug-likeness (QED) is 0.380. The summed E-state index contributed by atoms with van der Waals surface area (Å²) in [5.74, 6) is 0.517. The van der Waals surface area contributed by atoms with Gasteiger partial charge in [-0.15, -0.1) is 0 Å². The fourth-order valence-electron chi connectivity index (χ4n) is 5.74. The van der Waals surface area contributed by atoms with Gasteiger partial charge >= 0.3 is 0 Å². The lowest BCUT2D eigenvalue weighted by molar-refractivity contribution is -0.182. The topological polar surface area (TPSA) is 103 Å². The largest absolute Gasteiger partial charge is 0.353 e. The summed E-state index contributed by atoms with van der Waals surface area (Å²) < 4.78 is 21.6. The average Bonchev–Trinajstić information content (AvgIpc) is 3.55. The molecule has 0 N–H and O–H groups in total. The van der Waals surface area contributed by atoms with Gasteiger partial charge in [-0.25, -0.2) is 0 Å². The normalized spacial score (nSPS) is 24.8. The number of hydrogen-bond acceptors (Lipinski definition) is 8. The zero-order valence-corrected chi connectivity index (χ0v) is 26.9. The molecule has 2 aromatic rings. The van der Waals surface area contributed by atoms with Crippen LogP contribution in [0.15, 0.2) is 49.1 Å². The lowest BCUT2D eigenvalue weighted by atomic mass is 9.96. The van der Waals surface area contributed by atoms with Crippen molar-refractivity contribution in [2.24, 2.45) is 5.92 Å². The van der Waals surface area contributed by atoms with Crippen molar-refractivity contribution in [3.05, 3.63) is 60.2 Å². The molecule has 6 rings (SSSR count). The van der Waals surface area contributed by atoms with Gasteiger partial charge in [0.1, 0.15) is 0 Å². The number of amides is 2. The fraction of sp³-hybridized carbons (Fsp3) is 0.625. The van der Waals surface area contributed by atoms with E-state index < -0.39 is 0 Å². The molecule has 2 amide bonds. The van der Waals surface area contributed by atoms with E-state index in [-0.39, 0.29) is 42.4 Å². The molecule has 3 unspecified atom stereocenters.